The van der Waals surface area contributed by atoms with Crippen LogP contribution < -0.4 is 0 Å². The summed E-state index contributed by atoms with van der Waals surface area (Å²) < 4.78 is 14.1. The molecule has 1 rings (SSSR count). The van der Waals surface area contributed by atoms with Crippen molar-refractivity contribution < 1.29 is 2.74 Å². The fourth-order valence-electron chi connectivity index (χ4n) is 0.419. The van der Waals surface area contributed by atoms with Crippen LogP contribution in [0.1, 0.15) is 8.30 Å². The predicted octanol–water partition coefficient (Wildman–Crippen LogP) is 1.82. The molecule has 8 heavy (non-hydrogen) atoms. The van der Waals surface area contributed by atoms with Crippen molar-refractivity contribution in [2.45, 2.75) is 5.83 Å². The lowest BCUT2D eigenvalue weighted by Gasteiger charge is -1.87. The van der Waals surface area contributed by atoms with Crippen LogP contribution in [-0.2, 0) is 5.83 Å². The molecule has 2 heteroatoms. The first-order valence-electron chi connectivity index (χ1n) is 3.20. The van der Waals surface area contributed by atoms with E-state index >= 15 is 0 Å². The summed E-state index contributed by atoms with van der Waals surface area (Å²) in [4.78, 5) is 3.73. The van der Waals surface area contributed by atoms with Crippen LogP contribution in [0, 0.1) is 0 Å². The topological polar surface area (TPSA) is 12.9 Å². The molecule has 0 unspecified atom stereocenters. The SMILES string of the molecule is [2H]C([2H])(Cl)c1cccnc1. The molecule has 0 aliphatic heterocycles. The van der Waals surface area contributed by atoms with Crippen molar-refractivity contribution in [3.05, 3.63) is 30.1 Å². The predicted molar refractivity (Wildman–Crippen MR) is 33.8 cm³/mol. The second-order valence-corrected chi connectivity index (χ2v) is 1.53. The van der Waals surface area contributed by atoms with Gasteiger partial charge in [-0.05, 0) is 11.6 Å². The lowest BCUT2D eigenvalue weighted by atomic mass is 10.3. The molecule has 1 nitrogen and oxygen atoms in total. The molecule has 0 saturated heterocycles. The van der Waals surface area contributed by atoms with Crippen molar-refractivity contribution in [1.82, 2.24) is 4.98 Å². The van der Waals surface area contributed by atoms with E-state index in [-0.39, 0.29) is 0 Å². The van der Waals surface area contributed by atoms with Gasteiger partial charge >= 0.3 is 0 Å². The second kappa shape index (κ2) is 2.68. The van der Waals surface area contributed by atoms with Gasteiger partial charge in [-0.15, -0.1) is 11.6 Å². The third kappa shape index (κ3) is 1.20. The first-order chi connectivity index (χ1) is 4.61. The Balaban J connectivity index is 2.97. The Labute approximate surface area is 56.1 Å². The summed E-state index contributed by atoms with van der Waals surface area (Å²) in [6, 6.07) is 3.25. The normalized spacial score (nSPS) is 14.6. The van der Waals surface area contributed by atoms with E-state index in [1.807, 2.05) is 0 Å². The molecule has 0 saturated carbocycles. The van der Waals surface area contributed by atoms with E-state index in [9.17, 15) is 0 Å². The van der Waals surface area contributed by atoms with Crippen LogP contribution in [0.5, 0.6) is 0 Å². The molecular formula is C6H6ClN. The molecule has 0 atom stereocenters. The van der Waals surface area contributed by atoms with E-state index in [0.717, 1.165) is 0 Å². The molecule has 0 bridgehead atoms. The van der Waals surface area contributed by atoms with E-state index in [1.165, 1.54) is 6.20 Å². The first kappa shape index (κ1) is 3.46. The van der Waals surface area contributed by atoms with Crippen LogP contribution in [-0.4, -0.2) is 4.98 Å². The fourth-order valence-corrected chi connectivity index (χ4v) is 0.530. The van der Waals surface area contributed by atoms with E-state index in [1.54, 1.807) is 18.3 Å². The summed E-state index contributed by atoms with van der Waals surface area (Å²) in [5.74, 6) is -1.80. The van der Waals surface area contributed by atoms with E-state index in [4.69, 9.17) is 14.3 Å². The van der Waals surface area contributed by atoms with Gasteiger partial charge in [-0.1, -0.05) is 6.07 Å². The minimum atomic E-state index is -1.80. The summed E-state index contributed by atoms with van der Waals surface area (Å²) in [6.07, 6.45) is 2.99. The average Bonchev–Trinajstić information content (AvgIpc) is 1.88. The highest BCUT2D eigenvalue weighted by atomic mass is 35.5. The van der Waals surface area contributed by atoms with Crippen LogP contribution in [0.3, 0.4) is 0 Å². The van der Waals surface area contributed by atoms with Gasteiger partial charge < -0.3 is 0 Å². The molecular weight excluding hydrogens is 122 g/mol. The monoisotopic (exact) mass is 129 g/mol. The molecule has 1 aromatic heterocycles. The molecule has 0 aromatic carbocycles. The van der Waals surface area contributed by atoms with Gasteiger partial charge in [0.2, 0.25) is 0 Å². The number of halogens is 1. The highest BCUT2D eigenvalue weighted by Crippen LogP contribution is 1.98. The van der Waals surface area contributed by atoms with Crippen LogP contribution >= 0.6 is 11.6 Å². The van der Waals surface area contributed by atoms with Crippen LogP contribution in [0.2, 0.25) is 0 Å². The molecule has 0 N–H and O–H groups in total. The summed E-state index contributed by atoms with van der Waals surface area (Å²) in [5.41, 5.74) is 0.386. The quantitative estimate of drug-likeness (QED) is 0.527. The minimum Gasteiger partial charge on any atom is -0.264 e. The van der Waals surface area contributed by atoms with Crippen molar-refractivity contribution in [2.24, 2.45) is 0 Å². The largest absolute Gasteiger partial charge is 0.264 e. The number of aromatic nitrogens is 1. The van der Waals surface area contributed by atoms with Crippen molar-refractivity contribution in [3.63, 3.8) is 0 Å². The maximum absolute atomic E-state index is 7.06. The number of nitrogens with zero attached hydrogens (tertiary/aromatic N) is 1. The van der Waals surface area contributed by atoms with Crippen LogP contribution in [0.4, 0.5) is 0 Å². The standard InChI is InChI=1S/C6H6ClN/c7-4-6-2-1-3-8-5-6/h1-3,5H,4H2/i4D2. The van der Waals surface area contributed by atoms with E-state index in [2.05, 4.69) is 4.98 Å². The third-order valence-corrected chi connectivity index (χ3v) is 0.989. The molecule has 0 aliphatic rings. The molecule has 0 spiro atoms. The van der Waals surface area contributed by atoms with Crippen molar-refractivity contribution >= 4 is 11.6 Å². The first-order valence-corrected chi connectivity index (χ1v) is 2.58. The number of hydrogen-bond donors (Lipinski definition) is 0. The highest BCUT2D eigenvalue weighted by Gasteiger charge is 1.82. The van der Waals surface area contributed by atoms with Crippen molar-refractivity contribution in [2.75, 3.05) is 0 Å². The maximum atomic E-state index is 7.06. The van der Waals surface area contributed by atoms with E-state index in [0.29, 0.717) is 5.56 Å². The van der Waals surface area contributed by atoms with E-state index < -0.39 is 5.83 Å². The van der Waals surface area contributed by atoms with Gasteiger partial charge in [0.25, 0.3) is 0 Å². The summed E-state index contributed by atoms with van der Waals surface area (Å²) in [6.45, 7) is 0. The van der Waals surface area contributed by atoms with Gasteiger partial charge in [-0.2, -0.15) is 0 Å². The summed E-state index contributed by atoms with van der Waals surface area (Å²) in [5, 5.41) is 0. The molecule has 42 valence electrons. The summed E-state index contributed by atoms with van der Waals surface area (Å²) in [7, 11) is 0. The molecule has 0 radical (unpaired) electrons. The highest BCUT2D eigenvalue weighted by molar-refractivity contribution is 6.17. The molecule has 0 amide bonds. The Hall–Kier alpha value is -0.560. The second-order valence-electron chi connectivity index (χ2n) is 1.34. The summed E-state index contributed by atoms with van der Waals surface area (Å²) >= 11 is 5.35. The molecule has 0 fully saturated rings. The maximum Gasteiger partial charge on any atom is 0.0489 e. The van der Waals surface area contributed by atoms with Gasteiger partial charge in [-0.3, -0.25) is 4.98 Å². The average molecular weight is 130 g/mol. The van der Waals surface area contributed by atoms with Gasteiger partial charge in [0, 0.05) is 21.0 Å². The Morgan fingerprint density at radius 1 is 1.88 bits per heavy atom. The zero-order valence-corrected chi connectivity index (χ0v) is 4.89. The number of rotatable bonds is 1. The molecule has 1 heterocycles. The lowest BCUT2D eigenvalue weighted by Crippen LogP contribution is -1.75. The Bertz CT molecular complexity index is 207. The Kier molecular flexibility index (Phi) is 1.16. The smallest absolute Gasteiger partial charge is 0.0489 e. The van der Waals surface area contributed by atoms with Gasteiger partial charge in [-0.25, -0.2) is 0 Å². The Morgan fingerprint density at radius 2 is 2.75 bits per heavy atom. The van der Waals surface area contributed by atoms with Crippen molar-refractivity contribution in [1.29, 1.82) is 0 Å². The van der Waals surface area contributed by atoms with Crippen molar-refractivity contribution in [3.8, 4) is 0 Å². The number of alkyl halides is 1. The van der Waals surface area contributed by atoms with Gasteiger partial charge in [0.05, 0.1) is 0 Å². The third-order valence-electron chi connectivity index (χ3n) is 0.771. The van der Waals surface area contributed by atoms with Crippen LogP contribution in [0.15, 0.2) is 24.5 Å². The van der Waals surface area contributed by atoms with Crippen LogP contribution in [0.25, 0.3) is 0 Å². The lowest BCUT2D eigenvalue weighted by molar-refractivity contribution is 1.25. The zero-order valence-electron chi connectivity index (χ0n) is 6.13. The minimum absolute atomic E-state index is 0.386. The number of hydrogen-bond acceptors (Lipinski definition) is 1. The van der Waals surface area contributed by atoms with Gasteiger partial charge in [0.1, 0.15) is 0 Å². The number of pyridine rings is 1. The zero-order chi connectivity index (χ0) is 7.61. The molecule has 0 aliphatic carbocycles. The fraction of sp³-hybridized carbons (Fsp3) is 0.167. The Morgan fingerprint density at radius 3 is 3.12 bits per heavy atom. The molecule has 1 aromatic rings. The van der Waals surface area contributed by atoms with Gasteiger partial charge in [0.15, 0.2) is 0 Å².